The summed E-state index contributed by atoms with van der Waals surface area (Å²) in [6, 6.07) is 21.9. The van der Waals surface area contributed by atoms with Crippen LogP contribution >= 0.6 is 22.6 Å². The van der Waals surface area contributed by atoms with Gasteiger partial charge in [-0.3, -0.25) is 4.79 Å². The van der Waals surface area contributed by atoms with Crippen molar-refractivity contribution in [2.45, 2.75) is 20.0 Å². The summed E-state index contributed by atoms with van der Waals surface area (Å²) >= 11 is 2.17. The fourth-order valence-corrected chi connectivity index (χ4v) is 3.09. The van der Waals surface area contributed by atoms with Crippen LogP contribution in [-0.2, 0) is 9.53 Å². The lowest BCUT2D eigenvalue weighted by atomic mass is 10.1. The quantitative estimate of drug-likeness (QED) is 0.387. The number of amides is 1. The fourth-order valence-electron chi connectivity index (χ4n) is 2.73. The second kappa shape index (κ2) is 9.01. The lowest BCUT2D eigenvalue weighted by Gasteiger charge is -2.19. The van der Waals surface area contributed by atoms with Gasteiger partial charge in [0.2, 0.25) is 6.10 Å². The zero-order chi connectivity index (χ0) is 20.1. The first kappa shape index (κ1) is 20.1. The second-order valence-corrected chi connectivity index (χ2v) is 7.76. The van der Waals surface area contributed by atoms with Crippen LogP contribution in [0.1, 0.15) is 33.2 Å². The molecule has 3 rings (SSSR count). The SMILES string of the molecule is Cc1ccc(C)c(NC(=O)C(OC(=O)c2ccc(I)cc2)c2ccccc2)c1. The number of carbonyl (C=O) groups excluding carboxylic acids is 2. The van der Waals surface area contributed by atoms with Gasteiger partial charge in [0, 0.05) is 14.8 Å². The first-order valence-electron chi connectivity index (χ1n) is 8.83. The highest BCUT2D eigenvalue weighted by Crippen LogP contribution is 2.24. The van der Waals surface area contributed by atoms with E-state index in [0.717, 1.165) is 14.7 Å². The van der Waals surface area contributed by atoms with Crippen LogP contribution in [0.2, 0.25) is 0 Å². The summed E-state index contributed by atoms with van der Waals surface area (Å²) in [7, 11) is 0. The molecule has 0 saturated carbocycles. The van der Waals surface area contributed by atoms with Crippen LogP contribution in [0.5, 0.6) is 0 Å². The molecule has 0 radical (unpaired) electrons. The second-order valence-electron chi connectivity index (χ2n) is 6.51. The van der Waals surface area contributed by atoms with Gasteiger partial charge in [-0.25, -0.2) is 4.79 Å². The van der Waals surface area contributed by atoms with Gasteiger partial charge >= 0.3 is 5.97 Å². The third-order valence-corrected chi connectivity index (χ3v) is 5.02. The zero-order valence-electron chi connectivity index (χ0n) is 15.6. The number of esters is 1. The van der Waals surface area contributed by atoms with Crippen LogP contribution in [0.4, 0.5) is 5.69 Å². The van der Waals surface area contributed by atoms with Crippen molar-refractivity contribution >= 4 is 40.2 Å². The van der Waals surface area contributed by atoms with Gasteiger partial charge in [0.1, 0.15) is 0 Å². The maximum atomic E-state index is 13.0. The third-order valence-electron chi connectivity index (χ3n) is 4.30. The van der Waals surface area contributed by atoms with E-state index in [9.17, 15) is 9.59 Å². The highest BCUT2D eigenvalue weighted by Gasteiger charge is 2.26. The van der Waals surface area contributed by atoms with E-state index in [1.54, 1.807) is 24.3 Å². The van der Waals surface area contributed by atoms with Crippen molar-refractivity contribution in [1.29, 1.82) is 0 Å². The molecule has 1 atom stereocenters. The lowest BCUT2D eigenvalue weighted by Crippen LogP contribution is -2.26. The molecule has 1 amide bonds. The van der Waals surface area contributed by atoms with E-state index in [1.165, 1.54) is 0 Å². The first-order valence-corrected chi connectivity index (χ1v) is 9.91. The van der Waals surface area contributed by atoms with Gasteiger partial charge in [-0.05, 0) is 77.9 Å². The summed E-state index contributed by atoms with van der Waals surface area (Å²) in [6.07, 6.45) is -1.05. The molecule has 1 N–H and O–H groups in total. The summed E-state index contributed by atoms with van der Waals surface area (Å²) in [4.78, 5) is 25.6. The molecule has 0 aliphatic rings. The van der Waals surface area contributed by atoms with Gasteiger partial charge in [0.25, 0.3) is 5.91 Å². The van der Waals surface area contributed by atoms with Gasteiger partial charge in [-0.1, -0.05) is 42.5 Å². The number of carbonyl (C=O) groups is 2. The third kappa shape index (κ3) is 4.98. The van der Waals surface area contributed by atoms with E-state index >= 15 is 0 Å². The minimum absolute atomic E-state index is 0.390. The van der Waals surface area contributed by atoms with Gasteiger partial charge in [0.05, 0.1) is 5.56 Å². The number of halogens is 1. The van der Waals surface area contributed by atoms with Crippen LogP contribution in [0, 0.1) is 17.4 Å². The van der Waals surface area contributed by atoms with Crippen molar-refractivity contribution in [3.05, 3.63) is 98.6 Å². The Kier molecular flexibility index (Phi) is 6.46. The van der Waals surface area contributed by atoms with Gasteiger partial charge < -0.3 is 10.1 Å². The highest BCUT2D eigenvalue weighted by molar-refractivity contribution is 14.1. The van der Waals surface area contributed by atoms with Crippen molar-refractivity contribution in [2.75, 3.05) is 5.32 Å². The van der Waals surface area contributed by atoms with E-state index in [0.29, 0.717) is 16.8 Å². The Labute approximate surface area is 178 Å². The maximum absolute atomic E-state index is 13.0. The average molecular weight is 485 g/mol. The molecular formula is C23H20INO3. The fraction of sp³-hybridized carbons (Fsp3) is 0.130. The molecule has 0 aliphatic heterocycles. The molecule has 0 aliphatic carbocycles. The minimum atomic E-state index is -1.05. The van der Waals surface area contributed by atoms with E-state index in [4.69, 9.17) is 4.74 Å². The predicted octanol–water partition coefficient (Wildman–Crippen LogP) is 5.44. The Balaban J connectivity index is 1.86. The smallest absolute Gasteiger partial charge is 0.339 e. The molecule has 0 bridgehead atoms. The topological polar surface area (TPSA) is 55.4 Å². The first-order chi connectivity index (χ1) is 13.4. The van der Waals surface area contributed by atoms with Crippen LogP contribution in [-0.4, -0.2) is 11.9 Å². The average Bonchev–Trinajstić information content (AvgIpc) is 2.70. The molecule has 28 heavy (non-hydrogen) atoms. The molecule has 0 saturated heterocycles. The Morgan fingerprint density at radius 1 is 0.929 bits per heavy atom. The Morgan fingerprint density at radius 2 is 1.61 bits per heavy atom. The van der Waals surface area contributed by atoms with Crippen LogP contribution in [0.25, 0.3) is 0 Å². The molecule has 142 valence electrons. The number of anilines is 1. The molecule has 0 spiro atoms. The number of ether oxygens (including phenoxy) is 1. The molecule has 3 aromatic carbocycles. The van der Waals surface area contributed by atoms with Gasteiger partial charge in [-0.15, -0.1) is 0 Å². The van der Waals surface area contributed by atoms with Gasteiger partial charge in [0.15, 0.2) is 0 Å². The van der Waals surface area contributed by atoms with E-state index in [1.807, 2.05) is 62.4 Å². The molecule has 1 unspecified atom stereocenters. The number of aryl methyl sites for hydroxylation is 2. The largest absolute Gasteiger partial charge is 0.444 e. The van der Waals surface area contributed by atoms with Crippen molar-refractivity contribution < 1.29 is 14.3 Å². The lowest BCUT2D eigenvalue weighted by molar-refractivity contribution is -0.125. The summed E-state index contributed by atoms with van der Waals surface area (Å²) in [5.74, 6) is -0.930. The number of benzene rings is 3. The number of rotatable bonds is 5. The highest BCUT2D eigenvalue weighted by atomic mass is 127. The summed E-state index contributed by atoms with van der Waals surface area (Å²) in [5.41, 5.74) is 3.70. The zero-order valence-corrected chi connectivity index (χ0v) is 17.8. The molecule has 5 heteroatoms. The number of hydrogen-bond donors (Lipinski definition) is 1. The molecule has 0 fully saturated rings. The van der Waals surface area contributed by atoms with Crippen molar-refractivity contribution in [3.63, 3.8) is 0 Å². The Morgan fingerprint density at radius 3 is 2.29 bits per heavy atom. The summed E-state index contributed by atoms with van der Waals surface area (Å²) in [5, 5.41) is 2.90. The molecular weight excluding hydrogens is 465 g/mol. The molecule has 0 heterocycles. The van der Waals surface area contributed by atoms with Crippen LogP contribution in [0.15, 0.2) is 72.8 Å². The monoisotopic (exact) mass is 485 g/mol. The van der Waals surface area contributed by atoms with Gasteiger partial charge in [-0.2, -0.15) is 0 Å². The van der Waals surface area contributed by atoms with Crippen molar-refractivity contribution in [3.8, 4) is 0 Å². The van der Waals surface area contributed by atoms with Crippen LogP contribution in [0.3, 0.4) is 0 Å². The van der Waals surface area contributed by atoms with Crippen molar-refractivity contribution in [1.82, 2.24) is 0 Å². The Hall–Kier alpha value is -2.67. The van der Waals surface area contributed by atoms with Crippen LogP contribution < -0.4 is 5.32 Å². The number of nitrogens with one attached hydrogen (secondary N) is 1. The predicted molar refractivity (Wildman–Crippen MR) is 118 cm³/mol. The van der Waals surface area contributed by atoms with E-state index in [2.05, 4.69) is 27.9 Å². The van der Waals surface area contributed by atoms with E-state index < -0.39 is 18.0 Å². The summed E-state index contributed by atoms with van der Waals surface area (Å²) in [6.45, 7) is 3.88. The maximum Gasteiger partial charge on any atom is 0.339 e. The van der Waals surface area contributed by atoms with Crippen molar-refractivity contribution in [2.24, 2.45) is 0 Å². The molecule has 4 nitrogen and oxygen atoms in total. The minimum Gasteiger partial charge on any atom is -0.444 e. The number of hydrogen-bond acceptors (Lipinski definition) is 3. The molecule has 0 aromatic heterocycles. The summed E-state index contributed by atoms with van der Waals surface area (Å²) < 4.78 is 6.63. The normalized spacial score (nSPS) is 11.5. The Bertz CT molecular complexity index is 984. The standard InChI is InChI=1S/C23H20INO3/c1-15-8-9-16(2)20(14-15)25-22(26)21(17-6-4-3-5-7-17)28-23(27)18-10-12-19(24)13-11-18/h3-14,21H,1-2H3,(H,25,26). The molecule has 3 aromatic rings. The van der Waals surface area contributed by atoms with E-state index in [-0.39, 0.29) is 0 Å².